The van der Waals surface area contributed by atoms with Crippen molar-refractivity contribution in [2.24, 2.45) is 5.41 Å². The van der Waals surface area contributed by atoms with E-state index in [0.717, 1.165) is 36.0 Å². The second-order valence-corrected chi connectivity index (χ2v) is 8.48. The normalized spacial score (nSPS) is 20.3. The molecule has 3 N–H and O–H groups in total. The van der Waals surface area contributed by atoms with Gasteiger partial charge in [0, 0.05) is 16.3 Å². The van der Waals surface area contributed by atoms with E-state index in [1.807, 2.05) is 32.0 Å². The highest BCUT2D eigenvalue weighted by Gasteiger charge is 2.35. The molecule has 6 heteroatoms. The number of esters is 1. The summed E-state index contributed by atoms with van der Waals surface area (Å²) in [7, 11) is 1.34. The molecule has 3 rings (SSSR count). The number of hydrogen-bond donors (Lipinski definition) is 3. The maximum Gasteiger partial charge on any atom is 0.356 e. The van der Waals surface area contributed by atoms with Gasteiger partial charge in [0.05, 0.1) is 25.9 Å². The number of aromatic amines is 1. The number of rotatable bonds is 4. The average Bonchev–Trinajstić information content (AvgIpc) is 2.97. The van der Waals surface area contributed by atoms with E-state index in [1.165, 1.54) is 18.4 Å². The monoisotopic (exact) mass is 372 g/mol. The number of ether oxygens (including phenoxy) is 1. The molecule has 146 valence electrons. The van der Waals surface area contributed by atoms with Gasteiger partial charge in [0.2, 0.25) is 0 Å². The SMILES string of the molecule is COC(=O)c1[nH]c2ccc(C)cc2c1NC(=O)[C@H](C)[NH+]1CCCC(C)(C)C1. The van der Waals surface area contributed by atoms with Crippen LogP contribution in [0.25, 0.3) is 10.9 Å². The van der Waals surface area contributed by atoms with Crippen LogP contribution in [0.2, 0.25) is 0 Å². The zero-order valence-corrected chi connectivity index (χ0v) is 16.9. The molecule has 27 heavy (non-hydrogen) atoms. The summed E-state index contributed by atoms with van der Waals surface area (Å²) in [6.45, 7) is 10.4. The van der Waals surface area contributed by atoms with Gasteiger partial charge in [-0.25, -0.2) is 4.79 Å². The second kappa shape index (κ2) is 7.35. The maximum absolute atomic E-state index is 13.0. The van der Waals surface area contributed by atoms with Crippen molar-refractivity contribution in [3.8, 4) is 0 Å². The van der Waals surface area contributed by atoms with E-state index >= 15 is 0 Å². The molecule has 1 saturated heterocycles. The number of anilines is 1. The standard InChI is InChI=1S/C21H29N3O3/c1-13-7-8-16-15(11-13)17(18(22-16)20(26)27-5)23-19(25)14(2)24-10-6-9-21(3,4)12-24/h7-8,11,14,22H,6,9-10,12H2,1-5H3,(H,23,25)/p+1/t14-/m0/s1. The van der Waals surface area contributed by atoms with Gasteiger partial charge in [0.25, 0.3) is 5.91 Å². The van der Waals surface area contributed by atoms with E-state index < -0.39 is 5.97 Å². The predicted molar refractivity (Wildman–Crippen MR) is 106 cm³/mol. The summed E-state index contributed by atoms with van der Waals surface area (Å²) in [6.07, 6.45) is 2.32. The quantitative estimate of drug-likeness (QED) is 0.721. The van der Waals surface area contributed by atoms with Gasteiger partial charge in [-0.05, 0) is 38.8 Å². The Bertz CT molecular complexity index is 869. The molecule has 1 aromatic heterocycles. The summed E-state index contributed by atoms with van der Waals surface area (Å²) in [5.41, 5.74) is 2.90. The number of aryl methyl sites for hydroxylation is 1. The van der Waals surface area contributed by atoms with Gasteiger partial charge in [-0.3, -0.25) is 4.79 Å². The third-order valence-electron chi connectivity index (χ3n) is 5.65. The molecule has 2 aromatic rings. The summed E-state index contributed by atoms with van der Waals surface area (Å²) in [5, 5.41) is 3.83. The first-order valence-corrected chi connectivity index (χ1v) is 9.58. The van der Waals surface area contributed by atoms with Crippen LogP contribution in [0.5, 0.6) is 0 Å². The highest BCUT2D eigenvalue weighted by Crippen LogP contribution is 2.29. The number of piperidine rings is 1. The first kappa shape index (κ1) is 19.4. The van der Waals surface area contributed by atoms with E-state index in [4.69, 9.17) is 4.74 Å². The Morgan fingerprint density at radius 1 is 1.33 bits per heavy atom. The predicted octanol–water partition coefficient (Wildman–Crippen LogP) is 2.29. The van der Waals surface area contributed by atoms with Gasteiger partial charge in [0.1, 0.15) is 5.69 Å². The number of fused-ring (bicyclic) bond motifs is 1. The molecule has 1 amide bonds. The number of quaternary nitrogens is 1. The Morgan fingerprint density at radius 3 is 2.74 bits per heavy atom. The first-order valence-electron chi connectivity index (χ1n) is 9.58. The molecule has 6 nitrogen and oxygen atoms in total. The van der Waals surface area contributed by atoms with Gasteiger partial charge < -0.3 is 19.9 Å². The molecule has 1 aliphatic heterocycles. The van der Waals surface area contributed by atoms with Crippen molar-refractivity contribution < 1.29 is 19.2 Å². The fraction of sp³-hybridized carbons (Fsp3) is 0.524. The fourth-order valence-electron chi connectivity index (χ4n) is 4.06. The lowest BCUT2D eigenvalue weighted by molar-refractivity contribution is -0.925. The van der Waals surface area contributed by atoms with Gasteiger partial charge >= 0.3 is 5.97 Å². The Balaban J connectivity index is 1.89. The Hall–Kier alpha value is -2.34. The Morgan fingerprint density at radius 2 is 2.07 bits per heavy atom. The summed E-state index contributed by atoms with van der Waals surface area (Å²) < 4.78 is 4.90. The average molecular weight is 372 g/mol. The van der Waals surface area contributed by atoms with Gasteiger partial charge in [0.15, 0.2) is 6.04 Å². The van der Waals surface area contributed by atoms with Crippen LogP contribution in [0.1, 0.15) is 49.7 Å². The molecular weight excluding hydrogens is 342 g/mol. The second-order valence-electron chi connectivity index (χ2n) is 8.48. The number of benzene rings is 1. The molecule has 1 unspecified atom stereocenters. The van der Waals surface area contributed by atoms with Crippen molar-refractivity contribution in [2.75, 3.05) is 25.5 Å². The number of H-pyrrole nitrogens is 1. The van der Waals surface area contributed by atoms with Crippen LogP contribution >= 0.6 is 0 Å². The Labute approximate surface area is 160 Å². The fourth-order valence-corrected chi connectivity index (χ4v) is 4.06. The lowest BCUT2D eigenvalue weighted by atomic mass is 9.83. The van der Waals surface area contributed by atoms with E-state index in [1.54, 1.807) is 0 Å². The minimum Gasteiger partial charge on any atom is -0.464 e. The summed E-state index contributed by atoms with van der Waals surface area (Å²) in [6, 6.07) is 5.66. The molecule has 2 atom stereocenters. The van der Waals surface area contributed by atoms with Crippen LogP contribution in [0.3, 0.4) is 0 Å². The molecule has 2 heterocycles. The molecular formula is C21H30N3O3+. The number of carbonyl (C=O) groups excluding carboxylic acids is 2. The third-order valence-corrected chi connectivity index (χ3v) is 5.65. The van der Waals surface area contributed by atoms with Crippen molar-refractivity contribution in [3.63, 3.8) is 0 Å². The molecule has 0 bridgehead atoms. The minimum absolute atomic E-state index is 0.0738. The topological polar surface area (TPSA) is 75.6 Å². The number of methoxy groups -OCH3 is 1. The van der Waals surface area contributed by atoms with Crippen molar-refractivity contribution in [3.05, 3.63) is 29.5 Å². The number of aromatic nitrogens is 1. The molecule has 0 spiro atoms. The van der Waals surface area contributed by atoms with Crippen molar-refractivity contribution >= 4 is 28.5 Å². The minimum atomic E-state index is -0.488. The van der Waals surface area contributed by atoms with Crippen LogP contribution in [0.4, 0.5) is 5.69 Å². The molecule has 1 fully saturated rings. The number of hydrogen-bond acceptors (Lipinski definition) is 3. The smallest absolute Gasteiger partial charge is 0.356 e. The zero-order chi connectivity index (χ0) is 19.8. The van der Waals surface area contributed by atoms with Crippen LogP contribution < -0.4 is 10.2 Å². The lowest BCUT2D eigenvalue weighted by Gasteiger charge is -2.37. The first-order chi connectivity index (χ1) is 12.7. The van der Waals surface area contributed by atoms with Gasteiger partial charge in [-0.2, -0.15) is 0 Å². The van der Waals surface area contributed by atoms with Crippen LogP contribution in [0, 0.1) is 12.3 Å². The summed E-state index contributed by atoms with van der Waals surface area (Å²) in [4.78, 5) is 29.6. The van der Waals surface area contributed by atoms with Crippen molar-refractivity contribution in [1.29, 1.82) is 0 Å². The van der Waals surface area contributed by atoms with E-state index in [-0.39, 0.29) is 23.1 Å². The third kappa shape index (κ3) is 4.00. The number of carbonyl (C=O) groups is 2. The molecule has 0 radical (unpaired) electrons. The zero-order valence-electron chi connectivity index (χ0n) is 16.9. The molecule has 0 saturated carbocycles. The molecule has 0 aliphatic carbocycles. The maximum atomic E-state index is 13.0. The summed E-state index contributed by atoms with van der Waals surface area (Å²) in [5.74, 6) is -0.562. The van der Waals surface area contributed by atoms with Crippen molar-refractivity contribution in [2.45, 2.75) is 46.6 Å². The number of nitrogens with one attached hydrogen (secondary N) is 3. The number of amides is 1. The largest absolute Gasteiger partial charge is 0.464 e. The van der Waals surface area contributed by atoms with Crippen LogP contribution in [-0.2, 0) is 9.53 Å². The van der Waals surface area contributed by atoms with E-state index in [0.29, 0.717) is 5.69 Å². The number of likely N-dealkylation sites (tertiary alicyclic amines) is 1. The lowest BCUT2D eigenvalue weighted by Crippen LogP contribution is -3.18. The molecule has 1 aliphatic rings. The van der Waals surface area contributed by atoms with Gasteiger partial charge in [-0.15, -0.1) is 0 Å². The Kier molecular flexibility index (Phi) is 5.29. The van der Waals surface area contributed by atoms with E-state index in [9.17, 15) is 9.59 Å². The highest BCUT2D eigenvalue weighted by atomic mass is 16.5. The van der Waals surface area contributed by atoms with E-state index in [2.05, 4.69) is 24.1 Å². The van der Waals surface area contributed by atoms with Crippen molar-refractivity contribution in [1.82, 2.24) is 4.98 Å². The van der Waals surface area contributed by atoms with Gasteiger partial charge in [-0.1, -0.05) is 25.5 Å². The van der Waals surface area contributed by atoms with Crippen LogP contribution in [-0.4, -0.2) is 43.1 Å². The molecule has 1 aromatic carbocycles. The summed E-state index contributed by atoms with van der Waals surface area (Å²) >= 11 is 0. The van der Waals surface area contributed by atoms with Crippen LogP contribution in [0.15, 0.2) is 18.2 Å². The highest BCUT2D eigenvalue weighted by molar-refractivity contribution is 6.11.